The lowest BCUT2D eigenvalue weighted by Crippen LogP contribution is -2.26. The van der Waals surface area contributed by atoms with Crippen LogP contribution in [0.4, 0.5) is 5.69 Å². The Morgan fingerprint density at radius 2 is 2.23 bits per heavy atom. The normalized spacial score (nSPS) is 10.3. The Kier molecular flexibility index (Phi) is 4.40. The van der Waals surface area contributed by atoms with Crippen molar-refractivity contribution < 1.29 is 14.5 Å². The number of methoxy groups -OCH3 is 1. The van der Waals surface area contributed by atoms with Crippen LogP contribution in [0.3, 0.4) is 0 Å². The van der Waals surface area contributed by atoms with E-state index >= 15 is 0 Å². The Morgan fingerprint density at radius 3 is 2.77 bits per heavy atom. The zero-order valence-electron chi connectivity index (χ0n) is 12.5. The molecule has 0 fully saturated rings. The van der Waals surface area contributed by atoms with Crippen LogP contribution in [0.1, 0.15) is 15.9 Å². The largest absolute Gasteiger partial charge is 0.490 e. The lowest BCUT2D eigenvalue weighted by atomic mass is 10.1. The first-order valence-corrected chi connectivity index (χ1v) is 6.47. The van der Waals surface area contributed by atoms with E-state index in [0.29, 0.717) is 6.54 Å². The lowest BCUT2D eigenvalue weighted by Gasteiger charge is -2.16. The lowest BCUT2D eigenvalue weighted by molar-refractivity contribution is -0.385. The summed E-state index contributed by atoms with van der Waals surface area (Å²) in [6.07, 6.45) is 3.47. The molecule has 0 radical (unpaired) electrons. The van der Waals surface area contributed by atoms with Crippen LogP contribution in [0.25, 0.3) is 0 Å². The van der Waals surface area contributed by atoms with Crippen LogP contribution in [0.2, 0.25) is 0 Å². The van der Waals surface area contributed by atoms with Crippen molar-refractivity contribution in [1.82, 2.24) is 14.7 Å². The second-order valence-electron chi connectivity index (χ2n) is 4.83. The predicted octanol–water partition coefficient (Wildman–Crippen LogP) is 1.61. The molecular formula is C14H16N4O4. The summed E-state index contributed by atoms with van der Waals surface area (Å²) in [7, 11) is 4.77. The van der Waals surface area contributed by atoms with Gasteiger partial charge in [-0.05, 0) is 12.1 Å². The molecule has 22 heavy (non-hydrogen) atoms. The second kappa shape index (κ2) is 6.25. The van der Waals surface area contributed by atoms with Gasteiger partial charge in [-0.1, -0.05) is 0 Å². The van der Waals surface area contributed by atoms with Gasteiger partial charge in [-0.3, -0.25) is 19.6 Å². The highest BCUT2D eigenvalue weighted by Gasteiger charge is 2.20. The quantitative estimate of drug-likeness (QED) is 0.618. The van der Waals surface area contributed by atoms with Crippen LogP contribution in [0, 0.1) is 10.1 Å². The maximum Gasteiger partial charge on any atom is 0.311 e. The number of aryl methyl sites for hydroxylation is 1. The minimum atomic E-state index is -0.573. The van der Waals surface area contributed by atoms with Gasteiger partial charge < -0.3 is 9.64 Å². The van der Waals surface area contributed by atoms with E-state index in [1.54, 1.807) is 31.2 Å². The van der Waals surface area contributed by atoms with Gasteiger partial charge in [0, 0.05) is 44.0 Å². The SMILES string of the molecule is COc1ccc(C(=O)N(C)Cc2cnn(C)c2)cc1[N+](=O)[O-]. The van der Waals surface area contributed by atoms with Gasteiger partial charge in [0.25, 0.3) is 5.91 Å². The molecule has 0 saturated carbocycles. The molecule has 0 aliphatic rings. The number of nitro benzene ring substituents is 1. The number of hydrogen-bond acceptors (Lipinski definition) is 5. The highest BCUT2D eigenvalue weighted by atomic mass is 16.6. The molecule has 8 heteroatoms. The third-order valence-corrected chi connectivity index (χ3v) is 3.15. The molecule has 0 spiro atoms. The van der Waals surface area contributed by atoms with Crippen molar-refractivity contribution in [1.29, 1.82) is 0 Å². The zero-order valence-corrected chi connectivity index (χ0v) is 12.5. The average molecular weight is 304 g/mol. The van der Waals surface area contributed by atoms with E-state index in [-0.39, 0.29) is 22.9 Å². The number of nitro groups is 1. The number of amides is 1. The Labute approximate surface area is 127 Å². The number of rotatable bonds is 5. The molecule has 1 heterocycles. The van der Waals surface area contributed by atoms with Crippen molar-refractivity contribution in [2.24, 2.45) is 7.05 Å². The number of benzene rings is 1. The van der Waals surface area contributed by atoms with E-state index in [4.69, 9.17) is 4.74 Å². The standard InChI is InChI=1S/C14H16N4O4/c1-16(8-10-7-15-17(2)9-10)14(19)11-4-5-13(22-3)12(6-11)18(20)21/h4-7,9H,8H2,1-3H3. The maximum atomic E-state index is 12.4. The smallest absolute Gasteiger partial charge is 0.311 e. The van der Waals surface area contributed by atoms with Gasteiger partial charge >= 0.3 is 5.69 Å². The molecule has 0 N–H and O–H groups in total. The van der Waals surface area contributed by atoms with Gasteiger partial charge in [-0.2, -0.15) is 5.10 Å². The molecule has 1 aromatic heterocycles. The second-order valence-corrected chi connectivity index (χ2v) is 4.83. The van der Waals surface area contributed by atoms with Gasteiger partial charge in [-0.15, -0.1) is 0 Å². The fraction of sp³-hybridized carbons (Fsp3) is 0.286. The molecule has 2 rings (SSSR count). The summed E-state index contributed by atoms with van der Waals surface area (Å²) in [4.78, 5) is 24.3. The molecule has 0 unspecified atom stereocenters. The first-order chi connectivity index (χ1) is 10.4. The van der Waals surface area contributed by atoms with E-state index in [9.17, 15) is 14.9 Å². The molecular weight excluding hydrogens is 288 g/mol. The van der Waals surface area contributed by atoms with Crippen LogP contribution in [-0.2, 0) is 13.6 Å². The van der Waals surface area contributed by atoms with Crippen LogP contribution in [0.5, 0.6) is 5.75 Å². The summed E-state index contributed by atoms with van der Waals surface area (Å²) in [6.45, 7) is 0.368. The zero-order chi connectivity index (χ0) is 16.3. The number of carbonyl (C=O) groups is 1. The summed E-state index contributed by atoms with van der Waals surface area (Å²) in [5.74, 6) is -0.189. The Hall–Kier alpha value is -2.90. The number of carbonyl (C=O) groups excluding carboxylic acids is 1. The van der Waals surface area contributed by atoms with Crippen molar-refractivity contribution >= 4 is 11.6 Å². The van der Waals surface area contributed by atoms with Crippen LogP contribution < -0.4 is 4.74 Å². The van der Waals surface area contributed by atoms with E-state index in [1.165, 1.54) is 30.2 Å². The summed E-state index contributed by atoms with van der Waals surface area (Å²) in [6, 6.07) is 4.15. The van der Waals surface area contributed by atoms with Gasteiger partial charge in [0.2, 0.25) is 0 Å². The number of hydrogen-bond donors (Lipinski definition) is 0. The molecule has 0 saturated heterocycles. The Morgan fingerprint density at radius 1 is 1.50 bits per heavy atom. The summed E-state index contributed by atoms with van der Waals surface area (Å²) < 4.78 is 6.57. The van der Waals surface area contributed by atoms with Crippen molar-refractivity contribution in [3.8, 4) is 5.75 Å². The van der Waals surface area contributed by atoms with Crippen molar-refractivity contribution in [2.75, 3.05) is 14.2 Å². The van der Waals surface area contributed by atoms with Gasteiger partial charge in [0.05, 0.1) is 18.2 Å². The minimum absolute atomic E-state index is 0.122. The third kappa shape index (κ3) is 3.22. The van der Waals surface area contributed by atoms with E-state index in [0.717, 1.165) is 5.56 Å². The van der Waals surface area contributed by atoms with Gasteiger partial charge in [0.15, 0.2) is 5.75 Å². The average Bonchev–Trinajstić information content (AvgIpc) is 2.90. The first-order valence-electron chi connectivity index (χ1n) is 6.47. The fourth-order valence-corrected chi connectivity index (χ4v) is 2.09. The molecule has 0 aliphatic heterocycles. The van der Waals surface area contributed by atoms with Crippen LogP contribution >= 0.6 is 0 Å². The van der Waals surface area contributed by atoms with Crippen molar-refractivity contribution in [3.05, 3.63) is 51.8 Å². The van der Waals surface area contributed by atoms with Crippen LogP contribution in [0.15, 0.2) is 30.6 Å². The van der Waals surface area contributed by atoms with E-state index in [2.05, 4.69) is 5.10 Å². The van der Waals surface area contributed by atoms with Crippen LogP contribution in [-0.4, -0.2) is 39.7 Å². The highest BCUT2D eigenvalue weighted by Crippen LogP contribution is 2.28. The monoisotopic (exact) mass is 304 g/mol. The Balaban J connectivity index is 2.21. The molecule has 0 bridgehead atoms. The van der Waals surface area contributed by atoms with Crippen molar-refractivity contribution in [2.45, 2.75) is 6.54 Å². The molecule has 116 valence electrons. The fourth-order valence-electron chi connectivity index (χ4n) is 2.09. The molecule has 1 amide bonds. The molecule has 2 aromatic rings. The first kappa shape index (κ1) is 15.5. The topological polar surface area (TPSA) is 90.5 Å². The molecule has 0 atom stereocenters. The number of nitrogens with zero attached hydrogens (tertiary/aromatic N) is 4. The molecule has 0 aliphatic carbocycles. The predicted molar refractivity (Wildman–Crippen MR) is 78.7 cm³/mol. The van der Waals surface area contributed by atoms with Gasteiger partial charge in [-0.25, -0.2) is 0 Å². The molecule has 1 aromatic carbocycles. The third-order valence-electron chi connectivity index (χ3n) is 3.15. The maximum absolute atomic E-state index is 12.4. The summed E-state index contributed by atoms with van der Waals surface area (Å²) in [5, 5.41) is 15.0. The van der Waals surface area contributed by atoms with E-state index < -0.39 is 4.92 Å². The number of aromatic nitrogens is 2. The summed E-state index contributed by atoms with van der Waals surface area (Å²) in [5.41, 5.74) is 0.878. The highest BCUT2D eigenvalue weighted by molar-refractivity contribution is 5.95. The van der Waals surface area contributed by atoms with E-state index in [1.807, 2.05) is 0 Å². The minimum Gasteiger partial charge on any atom is -0.490 e. The summed E-state index contributed by atoms with van der Waals surface area (Å²) >= 11 is 0. The number of ether oxygens (including phenoxy) is 1. The Bertz CT molecular complexity index is 711. The van der Waals surface area contributed by atoms with Crippen molar-refractivity contribution in [3.63, 3.8) is 0 Å². The van der Waals surface area contributed by atoms with Gasteiger partial charge in [0.1, 0.15) is 0 Å². The molecule has 8 nitrogen and oxygen atoms in total.